The van der Waals surface area contributed by atoms with Crippen molar-refractivity contribution in [3.05, 3.63) is 17.7 Å². The number of hydrogen-bond donors (Lipinski definition) is 4. The number of amides is 1. The fourth-order valence-electron chi connectivity index (χ4n) is 2.21. The molecule has 126 valence electrons. The summed E-state index contributed by atoms with van der Waals surface area (Å²) in [6.07, 6.45) is -3.17. The normalized spacial score (nSPS) is 27.6. The summed E-state index contributed by atoms with van der Waals surface area (Å²) in [5.74, 6) is 2.16. The zero-order chi connectivity index (χ0) is 17.4. The van der Waals surface area contributed by atoms with E-state index < -0.39 is 45.1 Å². The third-order valence-electron chi connectivity index (χ3n) is 3.37. The van der Waals surface area contributed by atoms with Crippen LogP contribution in [-0.4, -0.2) is 63.8 Å². The Morgan fingerprint density at radius 2 is 2.09 bits per heavy atom. The Morgan fingerprint density at radius 3 is 2.57 bits per heavy atom. The van der Waals surface area contributed by atoms with Crippen LogP contribution in [-0.2, 0) is 4.74 Å². The van der Waals surface area contributed by atoms with Crippen molar-refractivity contribution in [3.8, 4) is 11.5 Å². The SMILES string of the molecule is C[Si](C)(C)C#Cc1c(C(N)=O)ncn1[C@@H]1O[C@H](CO)[C@@H](O)[C@H]1O. The van der Waals surface area contributed by atoms with Gasteiger partial charge in [0.05, 0.1) is 12.9 Å². The largest absolute Gasteiger partial charge is 0.394 e. The molecule has 1 amide bonds. The molecule has 5 N–H and O–H groups in total. The van der Waals surface area contributed by atoms with Gasteiger partial charge in [-0.1, -0.05) is 25.6 Å². The molecule has 0 unspecified atom stereocenters. The predicted molar refractivity (Wildman–Crippen MR) is 84.0 cm³/mol. The Kier molecular flexibility index (Phi) is 4.93. The molecule has 23 heavy (non-hydrogen) atoms. The summed E-state index contributed by atoms with van der Waals surface area (Å²) in [7, 11) is -1.73. The van der Waals surface area contributed by atoms with E-state index >= 15 is 0 Å². The Labute approximate surface area is 134 Å². The molecule has 9 heteroatoms. The highest BCUT2D eigenvalue weighted by Crippen LogP contribution is 2.30. The Morgan fingerprint density at radius 1 is 1.43 bits per heavy atom. The molecule has 8 nitrogen and oxygen atoms in total. The third kappa shape index (κ3) is 3.62. The van der Waals surface area contributed by atoms with E-state index in [1.165, 1.54) is 10.9 Å². The molecule has 0 aliphatic carbocycles. The molecule has 0 saturated carbocycles. The number of ether oxygens (including phenoxy) is 1. The first-order valence-corrected chi connectivity index (χ1v) is 10.7. The molecule has 1 aromatic heterocycles. The maximum Gasteiger partial charge on any atom is 0.270 e. The van der Waals surface area contributed by atoms with Gasteiger partial charge in [-0.2, -0.15) is 0 Å². The van der Waals surface area contributed by atoms with Crippen molar-refractivity contribution >= 4 is 14.0 Å². The molecule has 0 spiro atoms. The highest BCUT2D eigenvalue weighted by Gasteiger charge is 2.44. The van der Waals surface area contributed by atoms with E-state index in [0.29, 0.717) is 0 Å². The predicted octanol–water partition coefficient (Wildman–Crippen LogP) is -1.18. The van der Waals surface area contributed by atoms with Gasteiger partial charge in [-0.05, 0) is 0 Å². The number of carbonyl (C=O) groups excluding carboxylic acids is 1. The van der Waals surface area contributed by atoms with Crippen LogP contribution in [0, 0.1) is 11.5 Å². The minimum absolute atomic E-state index is 0.0199. The zero-order valence-corrected chi connectivity index (χ0v) is 14.2. The number of nitrogens with two attached hydrogens (primary N) is 1. The molecule has 2 heterocycles. The fourth-order valence-corrected chi connectivity index (χ4v) is 2.71. The maximum atomic E-state index is 11.5. The van der Waals surface area contributed by atoms with Crippen LogP contribution in [0.5, 0.6) is 0 Å². The minimum atomic E-state index is -1.73. The van der Waals surface area contributed by atoms with Gasteiger partial charge < -0.3 is 25.8 Å². The number of aliphatic hydroxyl groups excluding tert-OH is 3. The molecular weight excluding hydrogens is 318 g/mol. The van der Waals surface area contributed by atoms with Crippen LogP contribution < -0.4 is 5.73 Å². The van der Waals surface area contributed by atoms with Gasteiger partial charge in [-0.15, -0.1) is 5.54 Å². The van der Waals surface area contributed by atoms with Crippen LogP contribution in [0.2, 0.25) is 19.6 Å². The second-order valence-electron chi connectivity index (χ2n) is 6.44. The van der Waals surface area contributed by atoms with E-state index in [1.54, 1.807) is 0 Å². The number of aliphatic hydroxyl groups is 3. The molecule has 2 rings (SSSR count). The second kappa shape index (κ2) is 6.43. The van der Waals surface area contributed by atoms with Crippen LogP contribution in [0.4, 0.5) is 0 Å². The molecule has 1 fully saturated rings. The lowest BCUT2D eigenvalue weighted by molar-refractivity contribution is -0.0531. The number of hydrogen-bond acceptors (Lipinski definition) is 6. The average Bonchev–Trinajstić information content (AvgIpc) is 2.99. The molecule has 1 aliphatic rings. The number of imidazole rings is 1. The molecule has 4 atom stereocenters. The lowest BCUT2D eigenvalue weighted by Crippen LogP contribution is -2.33. The molecule has 0 bridgehead atoms. The van der Waals surface area contributed by atoms with Crippen molar-refractivity contribution in [2.75, 3.05) is 6.61 Å². The zero-order valence-electron chi connectivity index (χ0n) is 13.2. The van der Waals surface area contributed by atoms with Gasteiger partial charge in [-0.25, -0.2) is 4.98 Å². The van der Waals surface area contributed by atoms with Gasteiger partial charge in [0.1, 0.15) is 32.1 Å². The van der Waals surface area contributed by atoms with Crippen LogP contribution in [0.3, 0.4) is 0 Å². The van der Waals surface area contributed by atoms with Crippen molar-refractivity contribution in [2.45, 2.75) is 44.2 Å². The standard InChI is InChI=1S/C14H21N3O5Si/c1-23(2,3)5-4-8-10(13(15)21)16-7-17(8)14-12(20)11(19)9(6-18)22-14/h7,9,11-12,14,18-20H,6H2,1-3H3,(H2,15,21)/t9-,11-,12-,14-/m1/s1. The molecular formula is C14H21N3O5Si. The monoisotopic (exact) mass is 339 g/mol. The first-order valence-electron chi connectivity index (χ1n) is 7.18. The summed E-state index contributed by atoms with van der Waals surface area (Å²) >= 11 is 0. The summed E-state index contributed by atoms with van der Waals surface area (Å²) in [4.78, 5) is 15.5. The summed E-state index contributed by atoms with van der Waals surface area (Å²) in [5.41, 5.74) is 8.63. The second-order valence-corrected chi connectivity index (χ2v) is 11.2. The number of primary amides is 1. The highest BCUT2D eigenvalue weighted by molar-refractivity contribution is 6.83. The van der Waals surface area contributed by atoms with Crippen molar-refractivity contribution in [1.29, 1.82) is 0 Å². The van der Waals surface area contributed by atoms with Gasteiger partial charge in [0.25, 0.3) is 5.91 Å². The summed E-state index contributed by atoms with van der Waals surface area (Å²) < 4.78 is 6.82. The molecule has 0 aromatic carbocycles. The van der Waals surface area contributed by atoms with E-state index in [9.17, 15) is 20.1 Å². The molecule has 0 radical (unpaired) electrons. The van der Waals surface area contributed by atoms with Gasteiger partial charge in [0.2, 0.25) is 0 Å². The van der Waals surface area contributed by atoms with Crippen LogP contribution >= 0.6 is 0 Å². The van der Waals surface area contributed by atoms with Crippen molar-refractivity contribution < 1.29 is 24.9 Å². The fraction of sp³-hybridized carbons (Fsp3) is 0.571. The van der Waals surface area contributed by atoms with Crippen molar-refractivity contribution in [2.24, 2.45) is 5.73 Å². The Balaban J connectivity index is 2.47. The van der Waals surface area contributed by atoms with Gasteiger partial charge >= 0.3 is 0 Å². The lowest BCUT2D eigenvalue weighted by atomic mass is 10.1. The molecule has 1 saturated heterocycles. The van der Waals surface area contributed by atoms with Crippen molar-refractivity contribution in [1.82, 2.24) is 9.55 Å². The van der Waals surface area contributed by atoms with E-state index in [-0.39, 0.29) is 11.4 Å². The van der Waals surface area contributed by atoms with Crippen LogP contribution in [0.25, 0.3) is 0 Å². The summed E-state index contributed by atoms with van der Waals surface area (Å²) in [6, 6.07) is 0. The smallest absolute Gasteiger partial charge is 0.270 e. The van der Waals surface area contributed by atoms with Gasteiger partial charge in [0, 0.05) is 0 Å². The van der Waals surface area contributed by atoms with Gasteiger partial charge in [-0.3, -0.25) is 9.36 Å². The van der Waals surface area contributed by atoms with Gasteiger partial charge in [0.15, 0.2) is 11.9 Å². The topological polar surface area (TPSA) is 131 Å². The maximum absolute atomic E-state index is 11.5. The number of nitrogens with zero attached hydrogens (tertiary/aromatic N) is 2. The quantitative estimate of drug-likeness (QED) is 0.405. The van der Waals surface area contributed by atoms with E-state index in [1.807, 2.05) is 19.6 Å². The average molecular weight is 339 g/mol. The summed E-state index contributed by atoms with van der Waals surface area (Å²) in [6.45, 7) is 5.67. The minimum Gasteiger partial charge on any atom is -0.394 e. The highest BCUT2D eigenvalue weighted by atomic mass is 28.3. The number of carbonyl (C=O) groups is 1. The molecule has 1 aromatic rings. The van der Waals surface area contributed by atoms with Crippen molar-refractivity contribution in [3.63, 3.8) is 0 Å². The summed E-state index contributed by atoms with van der Waals surface area (Å²) in [5, 5.41) is 29.2. The third-order valence-corrected chi connectivity index (χ3v) is 4.25. The first-order chi connectivity index (χ1) is 10.7. The Bertz CT molecular complexity index is 658. The first kappa shape index (κ1) is 17.6. The van der Waals surface area contributed by atoms with Crippen LogP contribution in [0.1, 0.15) is 22.4 Å². The Hall–Kier alpha value is -1.70. The van der Waals surface area contributed by atoms with E-state index in [0.717, 1.165) is 0 Å². The molecule has 1 aliphatic heterocycles. The lowest BCUT2D eigenvalue weighted by Gasteiger charge is -2.17. The van der Waals surface area contributed by atoms with E-state index in [2.05, 4.69) is 16.4 Å². The van der Waals surface area contributed by atoms with E-state index in [4.69, 9.17) is 10.5 Å². The van der Waals surface area contributed by atoms with Crippen LogP contribution in [0.15, 0.2) is 6.33 Å². The number of rotatable bonds is 3. The number of aromatic nitrogens is 2.